The van der Waals surface area contributed by atoms with Crippen LogP contribution in [0.15, 0.2) is 12.4 Å². The van der Waals surface area contributed by atoms with E-state index in [2.05, 4.69) is 9.97 Å². The molecule has 1 aromatic rings. The van der Waals surface area contributed by atoms with Gasteiger partial charge in [-0.25, -0.2) is 9.97 Å². The van der Waals surface area contributed by atoms with Crippen LogP contribution < -0.4 is 4.74 Å². The van der Waals surface area contributed by atoms with Gasteiger partial charge in [0.05, 0.1) is 13.7 Å². The molecule has 0 radical (unpaired) electrons. The first-order valence-electron chi connectivity index (χ1n) is 5.86. The van der Waals surface area contributed by atoms with E-state index in [-0.39, 0.29) is 5.38 Å². The van der Waals surface area contributed by atoms with Gasteiger partial charge in [-0.1, -0.05) is 0 Å². The average Bonchev–Trinajstić information content (AvgIpc) is 2.40. The molecule has 5 heteroatoms. The lowest BCUT2D eigenvalue weighted by molar-refractivity contribution is 0.0532. The highest BCUT2D eigenvalue weighted by molar-refractivity contribution is 6.20. The van der Waals surface area contributed by atoms with Crippen molar-refractivity contribution in [2.45, 2.75) is 24.6 Å². The van der Waals surface area contributed by atoms with Crippen LogP contribution in [0, 0.1) is 5.92 Å². The first kappa shape index (κ1) is 12.6. The number of hydrogen-bond donors (Lipinski definition) is 0. The smallest absolute Gasteiger partial charge is 0.216 e. The normalized spacial score (nSPS) is 22.1. The van der Waals surface area contributed by atoms with E-state index in [4.69, 9.17) is 21.1 Å². The third kappa shape index (κ3) is 3.54. The van der Waals surface area contributed by atoms with Crippen molar-refractivity contribution < 1.29 is 9.47 Å². The molecular formula is C12H17ClN2O2. The van der Waals surface area contributed by atoms with Crippen molar-refractivity contribution in [2.75, 3.05) is 20.3 Å². The van der Waals surface area contributed by atoms with E-state index in [1.165, 1.54) is 6.33 Å². The first-order valence-corrected chi connectivity index (χ1v) is 6.30. The fourth-order valence-corrected chi connectivity index (χ4v) is 2.37. The van der Waals surface area contributed by atoms with Gasteiger partial charge in [0.2, 0.25) is 5.88 Å². The molecule has 0 aliphatic carbocycles. The van der Waals surface area contributed by atoms with Crippen molar-refractivity contribution >= 4 is 11.6 Å². The Morgan fingerprint density at radius 1 is 1.59 bits per heavy atom. The Labute approximate surface area is 106 Å². The Kier molecular flexibility index (Phi) is 4.57. The van der Waals surface area contributed by atoms with Gasteiger partial charge in [0.25, 0.3) is 0 Å². The molecule has 1 aliphatic heterocycles. The Hall–Kier alpha value is -0.870. The highest BCUT2D eigenvalue weighted by atomic mass is 35.5. The minimum absolute atomic E-state index is 0.0647. The lowest BCUT2D eigenvalue weighted by Crippen LogP contribution is -2.27. The molecule has 2 unspecified atom stereocenters. The number of rotatable bonds is 4. The molecule has 17 heavy (non-hydrogen) atoms. The second-order valence-electron chi connectivity index (χ2n) is 4.25. The Bertz CT molecular complexity index is 356. The van der Waals surface area contributed by atoms with Crippen molar-refractivity contribution in [2.24, 2.45) is 5.92 Å². The standard InChI is InChI=1S/C12H17ClN2O2/c1-16-12-6-10(14-8-15-12)5-11(13)9-3-2-4-17-7-9/h6,8-9,11H,2-5,7H2,1H3. The van der Waals surface area contributed by atoms with Crippen molar-refractivity contribution in [3.63, 3.8) is 0 Å². The fraction of sp³-hybridized carbons (Fsp3) is 0.667. The van der Waals surface area contributed by atoms with Gasteiger partial charge in [-0.05, 0) is 18.8 Å². The van der Waals surface area contributed by atoms with E-state index in [0.717, 1.165) is 38.2 Å². The highest BCUT2D eigenvalue weighted by Gasteiger charge is 2.23. The van der Waals surface area contributed by atoms with Crippen molar-refractivity contribution in [1.82, 2.24) is 9.97 Å². The molecule has 0 amide bonds. The lowest BCUT2D eigenvalue weighted by atomic mass is 9.95. The summed E-state index contributed by atoms with van der Waals surface area (Å²) in [4.78, 5) is 8.18. The maximum Gasteiger partial charge on any atom is 0.216 e. The third-order valence-electron chi connectivity index (χ3n) is 3.02. The Morgan fingerprint density at radius 3 is 3.18 bits per heavy atom. The second kappa shape index (κ2) is 6.17. The van der Waals surface area contributed by atoms with Crippen LogP contribution in [-0.2, 0) is 11.2 Å². The zero-order valence-corrected chi connectivity index (χ0v) is 10.7. The van der Waals surface area contributed by atoms with E-state index >= 15 is 0 Å². The number of ether oxygens (including phenoxy) is 2. The van der Waals surface area contributed by atoms with Crippen molar-refractivity contribution in [1.29, 1.82) is 0 Å². The molecule has 1 saturated heterocycles. The van der Waals surface area contributed by atoms with Crippen LogP contribution in [0.3, 0.4) is 0 Å². The van der Waals surface area contributed by atoms with E-state index in [1.807, 2.05) is 6.07 Å². The molecule has 0 aromatic carbocycles. The largest absolute Gasteiger partial charge is 0.481 e. The Balaban J connectivity index is 1.94. The maximum absolute atomic E-state index is 6.41. The molecule has 1 fully saturated rings. The zero-order chi connectivity index (χ0) is 12.1. The molecule has 2 heterocycles. The summed E-state index contributed by atoms with van der Waals surface area (Å²) in [7, 11) is 1.60. The summed E-state index contributed by atoms with van der Waals surface area (Å²) in [6.07, 6.45) is 4.47. The quantitative estimate of drug-likeness (QED) is 0.774. The summed E-state index contributed by atoms with van der Waals surface area (Å²) in [6.45, 7) is 1.62. The topological polar surface area (TPSA) is 44.2 Å². The summed E-state index contributed by atoms with van der Waals surface area (Å²) < 4.78 is 10.5. The van der Waals surface area contributed by atoms with Crippen LogP contribution >= 0.6 is 11.6 Å². The minimum Gasteiger partial charge on any atom is -0.481 e. The van der Waals surface area contributed by atoms with Gasteiger partial charge in [-0.15, -0.1) is 11.6 Å². The predicted octanol–water partition coefficient (Wildman–Crippen LogP) is 2.06. The van der Waals surface area contributed by atoms with Crippen LogP contribution in [0.25, 0.3) is 0 Å². The number of alkyl halides is 1. The molecule has 0 bridgehead atoms. The maximum atomic E-state index is 6.41. The second-order valence-corrected chi connectivity index (χ2v) is 4.81. The number of aromatic nitrogens is 2. The van der Waals surface area contributed by atoms with Gasteiger partial charge in [0, 0.05) is 30.2 Å². The van der Waals surface area contributed by atoms with E-state index in [1.54, 1.807) is 7.11 Å². The van der Waals surface area contributed by atoms with Gasteiger partial charge in [-0.3, -0.25) is 0 Å². The molecular weight excluding hydrogens is 240 g/mol. The van der Waals surface area contributed by atoms with Crippen LogP contribution in [0.4, 0.5) is 0 Å². The number of halogens is 1. The highest BCUT2D eigenvalue weighted by Crippen LogP contribution is 2.24. The summed E-state index contributed by atoms with van der Waals surface area (Å²) in [5.74, 6) is 1.00. The van der Waals surface area contributed by atoms with Crippen LogP contribution in [-0.4, -0.2) is 35.7 Å². The number of methoxy groups -OCH3 is 1. The van der Waals surface area contributed by atoms with Crippen LogP contribution in [0.2, 0.25) is 0 Å². The SMILES string of the molecule is COc1cc(CC(Cl)C2CCCOC2)ncn1. The molecule has 1 aliphatic rings. The molecule has 2 atom stereocenters. The van der Waals surface area contributed by atoms with Crippen molar-refractivity contribution in [3.05, 3.63) is 18.1 Å². The number of nitrogens with zero attached hydrogens (tertiary/aromatic N) is 2. The molecule has 0 saturated carbocycles. The third-order valence-corrected chi connectivity index (χ3v) is 3.53. The van der Waals surface area contributed by atoms with Gasteiger partial charge >= 0.3 is 0 Å². The molecule has 2 rings (SSSR count). The lowest BCUT2D eigenvalue weighted by Gasteiger charge is -2.26. The van der Waals surface area contributed by atoms with Crippen molar-refractivity contribution in [3.8, 4) is 5.88 Å². The number of hydrogen-bond acceptors (Lipinski definition) is 4. The van der Waals surface area contributed by atoms with Gasteiger partial charge in [0.15, 0.2) is 0 Å². The first-order chi connectivity index (χ1) is 8.29. The monoisotopic (exact) mass is 256 g/mol. The minimum atomic E-state index is 0.0647. The fourth-order valence-electron chi connectivity index (χ4n) is 2.02. The summed E-state index contributed by atoms with van der Waals surface area (Å²) in [6, 6.07) is 1.83. The van der Waals surface area contributed by atoms with Gasteiger partial charge < -0.3 is 9.47 Å². The van der Waals surface area contributed by atoms with E-state index in [9.17, 15) is 0 Å². The zero-order valence-electron chi connectivity index (χ0n) is 9.93. The van der Waals surface area contributed by atoms with Crippen LogP contribution in [0.1, 0.15) is 18.5 Å². The Morgan fingerprint density at radius 2 is 2.47 bits per heavy atom. The van der Waals surface area contributed by atoms with Gasteiger partial charge in [-0.2, -0.15) is 0 Å². The molecule has 1 aromatic heterocycles. The summed E-state index contributed by atoms with van der Waals surface area (Å²) >= 11 is 6.41. The van der Waals surface area contributed by atoms with Gasteiger partial charge in [0.1, 0.15) is 6.33 Å². The average molecular weight is 257 g/mol. The van der Waals surface area contributed by atoms with E-state index < -0.39 is 0 Å². The molecule has 4 nitrogen and oxygen atoms in total. The summed E-state index contributed by atoms with van der Waals surface area (Å²) in [5.41, 5.74) is 0.919. The summed E-state index contributed by atoms with van der Waals surface area (Å²) in [5, 5.41) is 0.0647. The molecule has 0 spiro atoms. The van der Waals surface area contributed by atoms with Crippen LogP contribution in [0.5, 0.6) is 5.88 Å². The predicted molar refractivity (Wildman–Crippen MR) is 65.5 cm³/mol. The molecule has 0 N–H and O–H groups in total. The molecule has 94 valence electrons. The van der Waals surface area contributed by atoms with E-state index in [0.29, 0.717) is 11.8 Å².